The molecule has 0 aliphatic heterocycles. The van der Waals surface area contributed by atoms with Gasteiger partial charge in [0.15, 0.2) is 0 Å². The number of rotatable bonds is 2. The van der Waals surface area contributed by atoms with Crippen molar-refractivity contribution in [2.45, 2.75) is 64.1 Å². The SMILES string of the molecule is CC(C)(C)c1ccc(OC2(O)CCCCC2)cc1. The molecule has 0 bridgehead atoms. The molecule has 1 aliphatic carbocycles. The molecule has 1 aromatic carbocycles. The quantitative estimate of drug-likeness (QED) is 0.801. The van der Waals surface area contributed by atoms with Gasteiger partial charge in [-0.3, -0.25) is 0 Å². The minimum Gasteiger partial charge on any atom is -0.463 e. The number of ether oxygens (including phenoxy) is 1. The molecular formula is C16H24O2. The zero-order chi connectivity index (χ0) is 13.2. The molecule has 2 nitrogen and oxygen atoms in total. The lowest BCUT2D eigenvalue weighted by molar-refractivity contribution is -0.158. The van der Waals surface area contributed by atoms with Gasteiger partial charge in [-0.2, -0.15) is 0 Å². The standard InChI is InChI=1S/C16H24O2/c1-15(2,3)13-7-9-14(10-8-13)18-16(17)11-5-4-6-12-16/h7-10,17H,4-6,11-12H2,1-3H3. The van der Waals surface area contributed by atoms with E-state index in [1.54, 1.807) is 0 Å². The minimum absolute atomic E-state index is 0.153. The third-order valence-electron chi connectivity index (χ3n) is 3.66. The highest BCUT2D eigenvalue weighted by molar-refractivity contribution is 5.31. The van der Waals surface area contributed by atoms with E-state index in [-0.39, 0.29) is 5.41 Å². The molecule has 1 aromatic rings. The second-order valence-electron chi connectivity index (χ2n) is 6.38. The van der Waals surface area contributed by atoms with Gasteiger partial charge in [0.05, 0.1) is 0 Å². The molecule has 0 amide bonds. The van der Waals surface area contributed by atoms with Crippen LogP contribution in [0.4, 0.5) is 0 Å². The van der Waals surface area contributed by atoms with E-state index in [9.17, 15) is 5.11 Å². The highest BCUT2D eigenvalue weighted by Crippen LogP contribution is 2.32. The fourth-order valence-electron chi connectivity index (χ4n) is 2.45. The molecule has 1 N–H and O–H groups in total. The lowest BCUT2D eigenvalue weighted by atomic mass is 9.87. The van der Waals surface area contributed by atoms with Gasteiger partial charge in [0.2, 0.25) is 5.79 Å². The van der Waals surface area contributed by atoms with Crippen LogP contribution in [0.5, 0.6) is 5.75 Å². The summed E-state index contributed by atoms with van der Waals surface area (Å²) in [6.07, 6.45) is 4.80. The van der Waals surface area contributed by atoms with Crippen molar-refractivity contribution in [3.8, 4) is 5.75 Å². The monoisotopic (exact) mass is 248 g/mol. The van der Waals surface area contributed by atoms with Crippen molar-refractivity contribution < 1.29 is 9.84 Å². The number of hydrogen-bond donors (Lipinski definition) is 1. The van der Waals surface area contributed by atoms with Crippen LogP contribution in [-0.2, 0) is 5.41 Å². The Kier molecular flexibility index (Phi) is 3.67. The van der Waals surface area contributed by atoms with Crippen LogP contribution in [0.25, 0.3) is 0 Å². The molecule has 0 radical (unpaired) electrons. The zero-order valence-corrected chi connectivity index (χ0v) is 11.7. The first-order valence-electron chi connectivity index (χ1n) is 6.91. The van der Waals surface area contributed by atoms with Gasteiger partial charge >= 0.3 is 0 Å². The number of benzene rings is 1. The fourth-order valence-corrected chi connectivity index (χ4v) is 2.45. The Hall–Kier alpha value is -1.02. The first-order valence-corrected chi connectivity index (χ1v) is 6.91. The second kappa shape index (κ2) is 4.93. The van der Waals surface area contributed by atoms with E-state index in [1.165, 1.54) is 12.0 Å². The zero-order valence-electron chi connectivity index (χ0n) is 11.7. The maximum atomic E-state index is 10.3. The van der Waals surface area contributed by atoms with Crippen LogP contribution in [0.2, 0.25) is 0 Å². The minimum atomic E-state index is -0.943. The Morgan fingerprint density at radius 1 is 1.00 bits per heavy atom. The van der Waals surface area contributed by atoms with Gasteiger partial charge in [-0.25, -0.2) is 0 Å². The van der Waals surface area contributed by atoms with Crippen molar-refractivity contribution in [3.05, 3.63) is 29.8 Å². The number of hydrogen-bond acceptors (Lipinski definition) is 2. The highest BCUT2D eigenvalue weighted by Gasteiger charge is 2.31. The van der Waals surface area contributed by atoms with Gasteiger partial charge in [-0.05, 0) is 36.0 Å². The predicted octanol–water partition coefficient (Wildman–Crippen LogP) is 4.02. The van der Waals surface area contributed by atoms with Crippen LogP contribution in [0.1, 0.15) is 58.4 Å². The maximum Gasteiger partial charge on any atom is 0.208 e. The Labute approximate surface area is 110 Å². The molecule has 1 aliphatic rings. The average molecular weight is 248 g/mol. The van der Waals surface area contributed by atoms with E-state index in [0.717, 1.165) is 31.4 Å². The van der Waals surface area contributed by atoms with Gasteiger partial charge in [-0.15, -0.1) is 0 Å². The third kappa shape index (κ3) is 3.26. The van der Waals surface area contributed by atoms with E-state index in [2.05, 4.69) is 32.9 Å². The van der Waals surface area contributed by atoms with Gasteiger partial charge in [-0.1, -0.05) is 39.3 Å². The second-order valence-corrected chi connectivity index (χ2v) is 6.38. The Morgan fingerprint density at radius 3 is 2.06 bits per heavy atom. The Balaban J connectivity index is 2.06. The van der Waals surface area contributed by atoms with E-state index < -0.39 is 5.79 Å². The number of aliphatic hydroxyl groups is 1. The molecule has 0 saturated heterocycles. The third-order valence-corrected chi connectivity index (χ3v) is 3.66. The van der Waals surface area contributed by atoms with Crippen molar-refractivity contribution in [2.75, 3.05) is 0 Å². The summed E-state index contributed by atoms with van der Waals surface area (Å²) in [5.74, 6) is -0.172. The fraction of sp³-hybridized carbons (Fsp3) is 0.625. The van der Waals surface area contributed by atoms with Crippen molar-refractivity contribution in [3.63, 3.8) is 0 Å². The normalized spacial score (nSPS) is 19.6. The maximum absolute atomic E-state index is 10.3. The van der Waals surface area contributed by atoms with E-state index in [4.69, 9.17) is 4.74 Å². The smallest absolute Gasteiger partial charge is 0.208 e. The highest BCUT2D eigenvalue weighted by atomic mass is 16.6. The summed E-state index contributed by atoms with van der Waals surface area (Å²) >= 11 is 0. The summed E-state index contributed by atoms with van der Waals surface area (Å²) in [7, 11) is 0. The lowest BCUT2D eigenvalue weighted by Gasteiger charge is -2.32. The van der Waals surface area contributed by atoms with E-state index in [1.807, 2.05) is 12.1 Å². The molecule has 0 unspecified atom stereocenters. The van der Waals surface area contributed by atoms with Crippen LogP contribution in [0.15, 0.2) is 24.3 Å². The van der Waals surface area contributed by atoms with E-state index in [0.29, 0.717) is 0 Å². The molecule has 0 heterocycles. The molecule has 18 heavy (non-hydrogen) atoms. The molecule has 0 aromatic heterocycles. The topological polar surface area (TPSA) is 29.5 Å². The van der Waals surface area contributed by atoms with Crippen LogP contribution in [-0.4, -0.2) is 10.9 Å². The van der Waals surface area contributed by atoms with E-state index >= 15 is 0 Å². The van der Waals surface area contributed by atoms with Crippen molar-refractivity contribution in [1.82, 2.24) is 0 Å². The van der Waals surface area contributed by atoms with Crippen LogP contribution >= 0.6 is 0 Å². The summed E-state index contributed by atoms with van der Waals surface area (Å²) in [5.41, 5.74) is 1.44. The summed E-state index contributed by atoms with van der Waals surface area (Å²) in [4.78, 5) is 0. The molecular weight excluding hydrogens is 224 g/mol. The molecule has 0 atom stereocenters. The molecule has 0 spiro atoms. The van der Waals surface area contributed by atoms with Crippen molar-refractivity contribution in [1.29, 1.82) is 0 Å². The molecule has 1 saturated carbocycles. The van der Waals surface area contributed by atoms with Crippen LogP contribution in [0.3, 0.4) is 0 Å². The molecule has 1 fully saturated rings. The summed E-state index contributed by atoms with van der Waals surface area (Å²) < 4.78 is 5.77. The van der Waals surface area contributed by atoms with Crippen LogP contribution in [0, 0.1) is 0 Å². The summed E-state index contributed by atoms with van der Waals surface area (Å²) in [6, 6.07) is 8.10. The van der Waals surface area contributed by atoms with Crippen LogP contribution < -0.4 is 4.74 Å². The first-order chi connectivity index (χ1) is 8.39. The average Bonchev–Trinajstić information content (AvgIpc) is 2.29. The first kappa shape index (κ1) is 13.4. The molecule has 100 valence electrons. The van der Waals surface area contributed by atoms with Gasteiger partial charge in [0.25, 0.3) is 0 Å². The molecule has 2 heteroatoms. The summed E-state index contributed by atoms with van der Waals surface area (Å²) in [5, 5.41) is 10.3. The van der Waals surface area contributed by atoms with Gasteiger partial charge in [0.1, 0.15) is 5.75 Å². The lowest BCUT2D eigenvalue weighted by Crippen LogP contribution is -2.37. The van der Waals surface area contributed by atoms with Crippen molar-refractivity contribution in [2.24, 2.45) is 0 Å². The Bertz CT molecular complexity index is 381. The predicted molar refractivity (Wildman–Crippen MR) is 73.8 cm³/mol. The Morgan fingerprint density at radius 2 is 1.56 bits per heavy atom. The summed E-state index contributed by atoms with van der Waals surface area (Å²) in [6.45, 7) is 6.58. The largest absolute Gasteiger partial charge is 0.463 e. The molecule has 2 rings (SSSR count). The van der Waals surface area contributed by atoms with Crippen molar-refractivity contribution >= 4 is 0 Å². The van der Waals surface area contributed by atoms with Gasteiger partial charge in [0, 0.05) is 12.8 Å². The van der Waals surface area contributed by atoms with Gasteiger partial charge < -0.3 is 9.84 Å².